The number of aryl methyl sites for hydroxylation is 1. The molecule has 184 valence electrons. The highest BCUT2D eigenvalue weighted by atomic mass is 16.7. The second kappa shape index (κ2) is 19.3. The monoisotopic (exact) mass is 453 g/mol. The molecule has 0 aliphatic heterocycles. The number of benzene rings is 1. The number of rotatable bonds is 11. The molecule has 2 N–H and O–H groups in total. The van der Waals surface area contributed by atoms with E-state index in [1.165, 1.54) is 7.11 Å². The SMILES string of the molecule is CC.CNCCN(C)C.COC(=O)OCc1ccc(CCCC(=O)NC(C)(C)C=O)cc1. The van der Waals surface area contributed by atoms with Gasteiger partial charge in [-0.3, -0.25) is 4.79 Å². The molecular weight excluding hydrogens is 410 g/mol. The summed E-state index contributed by atoms with van der Waals surface area (Å²) in [6.45, 7) is 9.68. The zero-order valence-electron chi connectivity index (χ0n) is 21.1. The second-order valence-electron chi connectivity index (χ2n) is 7.71. The van der Waals surface area contributed by atoms with Crippen LogP contribution in [0.25, 0.3) is 0 Å². The van der Waals surface area contributed by atoms with Gasteiger partial charge in [0.2, 0.25) is 5.91 Å². The minimum atomic E-state index is -0.821. The van der Waals surface area contributed by atoms with Gasteiger partial charge in [0, 0.05) is 19.5 Å². The molecular formula is C24H43N3O5. The van der Waals surface area contributed by atoms with E-state index in [9.17, 15) is 14.4 Å². The van der Waals surface area contributed by atoms with Crippen LogP contribution in [0.5, 0.6) is 0 Å². The summed E-state index contributed by atoms with van der Waals surface area (Å²) in [7, 11) is 7.36. The molecule has 0 saturated heterocycles. The van der Waals surface area contributed by atoms with Crippen LogP contribution in [0, 0.1) is 0 Å². The van der Waals surface area contributed by atoms with E-state index >= 15 is 0 Å². The van der Waals surface area contributed by atoms with Crippen LogP contribution in [0.3, 0.4) is 0 Å². The summed E-state index contributed by atoms with van der Waals surface area (Å²) in [6.07, 6.45) is 1.83. The lowest BCUT2D eigenvalue weighted by atomic mass is 10.0. The summed E-state index contributed by atoms with van der Waals surface area (Å²) in [5.74, 6) is -0.134. The Hall–Kier alpha value is -2.45. The predicted octanol–water partition coefficient (Wildman–Crippen LogP) is 3.18. The fourth-order valence-electron chi connectivity index (χ4n) is 2.24. The summed E-state index contributed by atoms with van der Waals surface area (Å²) >= 11 is 0. The van der Waals surface area contributed by atoms with Crippen LogP contribution in [0.4, 0.5) is 4.79 Å². The number of ether oxygens (including phenoxy) is 2. The third kappa shape index (κ3) is 18.3. The molecule has 0 spiro atoms. The lowest BCUT2D eigenvalue weighted by Gasteiger charge is -2.18. The summed E-state index contributed by atoms with van der Waals surface area (Å²) < 4.78 is 9.24. The Balaban J connectivity index is 0. The molecule has 1 aromatic rings. The molecule has 0 heterocycles. The summed E-state index contributed by atoms with van der Waals surface area (Å²) in [6, 6.07) is 7.61. The van der Waals surface area contributed by atoms with Gasteiger partial charge in [-0.05, 0) is 59.0 Å². The van der Waals surface area contributed by atoms with Crippen molar-refractivity contribution >= 4 is 18.3 Å². The van der Waals surface area contributed by atoms with Crippen molar-refractivity contribution in [3.05, 3.63) is 35.4 Å². The zero-order valence-corrected chi connectivity index (χ0v) is 21.1. The van der Waals surface area contributed by atoms with Crippen LogP contribution in [0.1, 0.15) is 51.7 Å². The van der Waals surface area contributed by atoms with Crippen LogP contribution in [0.15, 0.2) is 24.3 Å². The Morgan fingerprint density at radius 2 is 1.66 bits per heavy atom. The molecule has 0 unspecified atom stereocenters. The number of carbonyl (C=O) groups is 3. The van der Waals surface area contributed by atoms with Gasteiger partial charge >= 0.3 is 6.16 Å². The van der Waals surface area contributed by atoms with E-state index in [1.807, 2.05) is 45.2 Å². The van der Waals surface area contributed by atoms with Crippen molar-refractivity contribution in [2.24, 2.45) is 0 Å². The van der Waals surface area contributed by atoms with Gasteiger partial charge < -0.3 is 29.8 Å². The maximum absolute atomic E-state index is 11.7. The molecule has 1 rings (SSSR count). The number of nitrogens with one attached hydrogen (secondary N) is 2. The highest BCUT2D eigenvalue weighted by Gasteiger charge is 2.18. The van der Waals surface area contributed by atoms with Crippen LogP contribution in [0.2, 0.25) is 0 Å². The van der Waals surface area contributed by atoms with E-state index in [-0.39, 0.29) is 12.5 Å². The van der Waals surface area contributed by atoms with Crippen LogP contribution < -0.4 is 10.6 Å². The van der Waals surface area contributed by atoms with Crippen molar-refractivity contribution in [3.63, 3.8) is 0 Å². The largest absolute Gasteiger partial charge is 0.508 e. The van der Waals surface area contributed by atoms with Gasteiger partial charge in [0.05, 0.1) is 12.6 Å². The maximum atomic E-state index is 11.7. The quantitative estimate of drug-likeness (QED) is 0.392. The molecule has 8 nitrogen and oxygen atoms in total. The lowest BCUT2D eigenvalue weighted by Crippen LogP contribution is -2.44. The van der Waals surface area contributed by atoms with E-state index < -0.39 is 11.7 Å². The minimum absolute atomic E-state index is 0.134. The van der Waals surface area contributed by atoms with Crippen LogP contribution in [-0.2, 0) is 32.1 Å². The van der Waals surface area contributed by atoms with Gasteiger partial charge in [0.25, 0.3) is 0 Å². The fourth-order valence-corrected chi connectivity index (χ4v) is 2.24. The first-order chi connectivity index (χ1) is 15.1. The van der Waals surface area contributed by atoms with Gasteiger partial charge in [-0.15, -0.1) is 0 Å². The van der Waals surface area contributed by atoms with Crippen molar-refractivity contribution in [2.45, 2.75) is 59.1 Å². The third-order valence-corrected chi connectivity index (χ3v) is 3.98. The number of nitrogens with zero attached hydrogens (tertiary/aromatic N) is 1. The smallest absolute Gasteiger partial charge is 0.438 e. The van der Waals surface area contributed by atoms with Crippen LogP contribution in [-0.4, -0.2) is 70.1 Å². The molecule has 8 heteroatoms. The van der Waals surface area contributed by atoms with Crippen LogP contribution >= 0.6 is 0 Å². The number of aldehydes is 1. The average molecular weight is 454 g/mol. The highest BCUT2D eigenvalue weighted by molar-refractivity contribution is 5.81. The fraction of sp³-hybridized carbons (Fsp3) is 0.625. The van der Waals surface area contributed by atoms with Gasteiger partial charge in [-0.25, -0.2) is 4.79 Å². The van der Waals surface area contributed by atoms with Crippen molar-refractivity contribution in [2.75, 3.05) is 41.3 Å². The van der Waals surface area contributed by atoms with Crippen molar-refractivity contribution in [3.8, 4) is 0 Å². The number of carbonyl (C=O) groups excluding carboxylic acids is 3. The van der Waals surface area contributed by atoms with Crippen molar-refractivity contribution < 1.29 is 23.9 Å². The topological polar surface area (TPSA) is 97.0 Å². The first-order valence-electron chi connectivity index (χ1n) is 11.0. The minimum Gasteiger partial charge on any atom is -0.438 e. The molecule has 0 aromatic heterocycles. The molecule has 0 radical (unpaired) electrons. The Bertz CT molecular complexity index is 631. The standard InChI is InChI=1S/C17H23NO5.C5H14N2.C2H6/c1-17(2,12-19)18-15(20)6-4-5-13-7-9-14(10-8-13)11-23-16(21)22-3;1-6-4-5-7(2)3;1-2/h7-10,12H,4-6,11H2,1-3H3,(H,18,20);6H,4-5H2,1-3H3;1-2H3. The van der Waals surface area contributed by atoms with E-state index in [2.05, 4.69) is 34.4 Å². The van der Waals surface area contributed by atoms with E-state index in [0.29, 0.717) is 12.8 Å². The Labute approximate surface area is 194 Å². The first-order valence-corrected chi connectivity index (χ1v) is 11.0. The lowest BCUT2D eigenvalue weighted by molar-refractivity contribution is -0.126. The van der Waals surface area contributed by atoms with Gasteiger partial charge in [-0.2, -0.15) is 0 Å². The Morgan fingerprint density at radius 1 is 1.09 bits per heavy atom. The van der Waals surface area contributed by atoms with Gasteiger partial charge in [0.15, 0.2) is 0 Å². The molecule has 0 aliphatic rings. The van der Waals surface area contributed by atoms with E-state index in [4.69, 9.17) is 4.74 Å². The number of hydrogen-bond acceptors (Lipinski definition) is 7. The number of amides is 1. The third-order valence-electron chi connectivity index (χ3n) is 3.98. The Morgan fingerprint density at radius 3 is 2.09 bits per heavy atom. The summed E-state index contributed by atoms with van der Waals surface area (Å²) in [4.78, 5) is 35.5. The molecule has 0 fully saturated rings. The maximum Gasteiger partial charge on any atom is 0.508 e. The number of likely N-dealkylation sites (N-methyl/N-ethyl adjacent to an activating group) is 2. The van der Waals surface area contributed by atoms with E-state index in [1.54, 1.807) is 13.8 Å². The summed E-state index contributed by atoms with van der Waals surface area (Å²) in [5.41, 5.74) is 1.14. The summed E-state index contributed by atoms with van der Waals surface area (Å²) in [5, 5.41) is 5.72. The first kappa shape index (κ1) is 31.7. The highest BCUT2D eigenvalue weighted by Crippen LogP contribution is 2.10. The van der Waals surface area contributed by atoms with Crippen molar-refractivity contribution in [1.29, 1.82) is 0 Å². The molecule has 1 amide bonds. The van der Waals surface area contributed by atoms with E-state index in [0.717, 1.165) is 36.9 Å². The molecule has 0 aliphatic carbocycles. The predicted molar refractivity (Wildman–Crippen MR) is 129 cm³/mol. The second-order valence-corrected chi connectivity index (χ2v) is 7.71. The molecule has 1 aromatic carbocycles. The average Bonchev–Trinajstić information content (AvgIpc) is 2.78. The number of methoxy groups -OCH3 is 1. The molecule has 0 bridgehead atoms. The number of hydrogen-bond donors (Lipinski definition) is 2. The molecule has 0 saturated carbocycles. The van der Waals surface area contributed by atoms with Crippen molar-refractivity contribution in [1.82, 2.24) is 15.5 Å². The van der Waals surface area contributed by atoms with Gasteiger partial charge in [-0.1, -0.05) is 38.1 Å². The zero-order chi connectivity index (χ0) is 25.0. The normalized spacial score (nSPS) is 10.2. The molecule has 32 heavy (non-hydrogen) atoms. The molecule has 0 atom stereocenters. The Kier molecular flexibility index (Phi) is 19.1. The van der Waals surface area contributed by atoms with Gasteiger partial charge in [0.1, 0.15) is 12.9 Å².